The first-order valence-corrected chi connectivity index (χ1v) is 11.9. The van der Waals surface area contributed by atoms with Gasteiger partial charge in [-0.2, -0.15) is 0 Å². The minimum Gasteiger partial charge on any atom is -0.444 e. The average molecular weight is 539 g/mol. The number of nitrogens with zero attached hydrogens (tertiary/aromatic N) is 3. The van der Waals surface area contributed by atoms with Gasteiger partial charge in [-0.1, -0.05) is 41.9 Å². The molecule has 7 nitrogen and oxygen atoms in total. The van der Waals surface area contributed by atoms with E-state index in [9.17, 15) is 9.59 Å². The summed E-state index contributed by atoms with van der Waals surface area (Å²) in [6.45, 7) is 8.30. The van der Waals surface area contributed by atoms with Crippen molar-refractivity contribution in [1.29, 1.82) is 0 Å². The van der Waals surface area contributed by atoms with E-state index >= 15 is 0 Å². The molecule has 1 aromatic carbocycles. The van der Waals surface area contributed by atoms with Crippen molar-refractivity contribution >= 4 is 39.5 Å². The molecule has 0 unspecified atom stereocenters. The van der Waals surface area contributed by atoms with Crippen LogP contribution in [0, 0.1) is 0 Å². The van der Waals surface area contributed by atoms with E-state index < -0.39 is 23.8 Å². The lowest BCUT2D eigenvalue weighted by Crippen LogP contribution is -2.60. The molecule has 2 heterocycles. The molecule has 0 bridgehead atoms. The van der Waals surface area contributed by atoms with E-state index in [4.69, 9.17) is 21.1 Å². The summed E-state index contributed by atoms with van der Waals surface area (Å²) in [6.07, 6.45) is -0.441. The van der Waals surface area contributed by atoms with Crippen LogP contribution in [0.2, 0.25) is 5.15 Å². The number of hydrogen-bond acceptors (Lipinski definition) is 5. The van der Waals surface area contributed by atoms with Crippen LogP contribution in [0.3, 0.4) is 0 Å². The molecule has 1 aromatic heterocycles. The molecule has 1 aliphatic rings. The van der Waals surface area contributed by atoms with Crippen molar-refractivity contribution in [3.05, 3.63) is 63.3 Å². The zero-order chi connectivity index (χ0) is 24.2. The lowest BCUT2D eigenvalue weighted by atomic mass is 9.95. The van der Waals surface area contributed by atoms with Crippen LogP contribution in [0.4, 0.5) is 4.79 Å². The highest BCUT2D eigenvalue weighted by molar-refractivity contribution is 9.10. The first-order chi connectivity index (χ1) is 15.5. The second-order valence-corrected chi connectivity index (χ2v) is 10.1. The number of piperazine rings is 1. The van der Waals surface area contributed by atoms with Crippen molar-refractivity contribution in [3.8, 4) is 0 Å². The van der Waals surface area contributed by atoms with Crippen LogP contribution >= 0.6 is 27.5 Å². The van der Waals surface area contributed by atoms with Crippen molar-refractivity contribution in [2.75, 3.05) is 19.7 Å². The number of hydrogen-bond donors (Lipinski definition) is 0. The van der Waals surface area contributed by atoms with E-state index in [0.717, 1.165) is 11.1 Å². The minimum atomic E-state index is -0.650. The SMILES string of the molecule is CC(=O)N1CCN(C(=O)OC(C)(C)C)[C@H](COCc2ccccc2)[C@H]1c1cc(Cl)nc(Br)c1. The monoisotopic (exact) mass is 537 g/mol. The molecule has 0 spiro atoms. The van der Waals surface area contributed by atoms with E-state index in [0.29, 0.717) is 29.5 Å². The quantitative estimate of drug-likeness (QED) is 0.488. The molecular weight excluding hydrogens is 510 g/mol. The Kier molecular flexibility index (Phi) is 8.37. The Labute approximate surface area is 208 Å². The smallest absolute Gasteiger partial charge is 0.410 e. The Morgan fingerprint density at radius 1 is 1.15 bits per heavy atom. The number of carbonyl (C=O) groups excluding carboxylic acids is 2. The predicted octanol–water partition coefficient (Wildman–Crippen LogP) is 5.22. The highest BCUT2D eigenvalue weighted by Gasteiger charge is 2.42. The Morgan fingerprint density at radius 2 is 1.82 bits per heavy atom. The fourth-order valence-corrected chi connectivity index (χ4v) is 4.68. The fourth-order valence-electron chi connectivity index (χ4n) is 3.91. The molecule has 1 fully saturated rings. The van der Waals surface area contributed by atoms with Gasteiger partial charge in [0.2, 0.25) is 5.91 Å². The van der Waals surface area contributed by atoms with Gasteiger partial charge in [0.15, 0.2) is 0 Å². The number of aromatic nitrogens is 1. The maximum absolute atomic E-state index is 13.1. The zero-order valence-corrected chi connectivity index (χ0v) is 21.6. The van der Waals surface area contributed by atoms with Gasteiger partial charge >= 0.3 is 6.09 Å². The molecule has 1 saturated heterocycles. The Bertz CT molecular complexity index is 963. The van der Waals surface area contributed by atoms with Crippen LogP contribution in [0.5, 0.6) is 0 Å². The molecule has 0 saturated carbocycles. The van der Waals surface area contributed by atoms with Crippen LogP contribution in [-0.4, -0.2) is 58.1 Å². The lowest BCUT2D eigenvalue weighted by molar-refractivity contribution is -0.138. The molecule has 2 aromatic rings. The van der Waals surface area contributed by atoms with Crippen molar-refractivity contribution in [1.82, 2.24) is 14.8 Å². The van der Waals surface area contributed by atoms with E-state index in [1.165, 1.54) is 6.92 Å². The van der Waals surface area contributed by atoms with Gasteiger partial charge in [-0.15, -0.1) is 0 Å². The number of carbonyl (C=O) groups is 2. The summed E-state index contributed by atoms with van der Waals surface area (Å²) < 4.78 is 12.3. The summed E-state index contributed by atoms with van der Waals surface area (Å²) in [4.78, 5) is 33.3. The van der Waals surface area contributed by atoms with Gasteiger partial charge in [-0.25, -0.2) is 9.78 Å². The predicted molar refractivity (Wildman–Crippen MR) is 130 cm³/mol. The summed E-state index contributed by atoms with van der Waals surface area (Å²) >= 11 is 9.62. The van der Waals surface area contributed by atoms with Crippen LogP contribution in [0.25, 0.3) is 0 Å². The van der Waals surface area contributed by atoms with Crippen LogP contribution in [-0.2, 0) is 20.9 Å². The topological polar surface area (TPSA) is 72.0 Å². The van der Waals surface area contributed by atoms with Gasteiger partial charge in [0, 0.05) is 20.0 Å². The van der Waals surface area contributed by atoms with Gasteiger partial charge in [0.25, 0.3) is 0 Å². The third-order valence-electron chi connectivity index (χ3n) is 5.24. The fraction of sp³-hybridized carbons (Fsp3) is 0.458. The average Bonchev–Trinajstić information content (AvgIpc) is 2.72. The van der Waals surface area contributed by atoms with Crippen LogP contribution in [0.15, 0.2) is 47.1 Å². The molecule has 3 rings (SSSR count). The molecule has 0 N–H and O–H groups in total. The maximum atomic E-state index is 13.1. The highest BCUT2D eigenvalue weighted by Crippen LogP contribution is 2.35. The number of amides is 2. The van der Waals surface area contributed by atoms with Gasteiger partial charge in [0.05, 0.1) is 25.3 Å². The largest absolute Gasteiger partial charge is 0.444 e. The number of pyridine rings is 1. The van der Waals surface area contributed by atoms with Crippen molar-refractivity contribution in [3.63, 3.8) is 0 Å². The third-order valence-corrected chi connectivity index (χ3v) is 5.84. The number of benzene rings is 1. The first kappa shape index (κ1) is 25.5. The Balaban J connectivity index is 1.96. The minimum absolute atomic E-state index is 0.0963. The van der Waals surface area contributed by atoms with Crippen molar-refractivity contribution < 1.29 is 19.1 Å². The molecule has 1 aliphatic heterocycles. The molecular formula is C24H29BrClN3O4. The standard InChI is InChI=1S/C24H29BrClN3O4/c1-16(30)28-10-11-29(23(31)33-24(2,3)4)19(15-32-14-17-8-6-5-7-9-17)22(28)18-12-20(25)27-21(26)13-18/h5-9,12-13,19,22H,10-11,14-15H2,1-4H3/t19-,22-/m1/s1. The highest BCUT2D eigenvalue weighted by atomic mass is 79.9. The summed E-state index contributed by atoms with van der Waals surface area (Å²) in [6, 6.07) is 12.4. The Hall–Kier alpha value is -2.16. The van der Waals surface area contributed by atoms with Crippen LogP contribution in [0.1, 0.15) is 44.9 Å². The van der Waals surface area contributed by atoms with Gasteiger partial charge < -0.3 is 14.4 Å². The van der Waals surface area contributed by atoms with E-state index in [1.54, 1.807) is 15.9 Å². The second-order valence-electron chi connectivity index (χ2n) is 8.94. The first-order valence-electron chi connectivity index (χ1n) is 10.8. The lowest BCUT2D eigenvalue weighted by Gasteiger charge is -2.47. The molecule has 33 heavy (non-hydrogen) atoms. The number of ether oxygens (including phenoxy) is 2. The molecule has 9 heteroatoms. The molecule has 0 radical (unpaired) electrons. The van der Waals surface area contributed by atoms with E-state index in [1.807, 2.05) is 57.2 Å². The third kappa shape index (κ3) is 6.91. The molecule has 178 valence electrons. The second kappa shape index (κ2) is 10.8. The summed E-state index contributed by atoms with van der Waals surface area (Å²) in [7, 11) is 0. The molecule has 0 aliphatic carbocycles. The molecule has 2 atom stereocenters. The summed E-state index contributed by atoms with van der Waals surface area (Å²) in [5, 5.41) is 0.293. The Morgan fingerprint density at radius 3 is 2.42 bits per heavy atom. The van der Waals surface area contributed by atoms with Gasteiger partial charge in [0.1, 0.15) is 15.4 Å². The van der Waals surface area contributed by atoms with Crippen LogP contribution < -0.4 is 0 Å². The van der Waals surface area contributed by atoms with Crippen molar-refractivity contribution in [2.45, 2.75) is 52.0 Å². The number of halogens is 2. The normalized spacial score (nSPS) is 18.8. The summed E-state index contributed by atoms with van der Waals surface area (Å²) in [5.74, 6) is -0.0963. The van der Waals surface area contributed by atoms with E-state index in [-0.39, 0.29) is 12.5 Å². The zero-order valence-electron chi connectivity index (χ0n) is 19.3. The maximum Gasteiger partial charge on any atom is 0.410 e. The van der Waals surface area contributed by atoms with Gasteiger partial charge in [-0.05, 0) is 60.0 Å². The van der Waals surface area contributed by atoms with E-state index in [2.05, 4.69) is 20.9 Å². The van der Waals surface area contributed by atoms with Crippen molar-refractivity contribution in [2.24, 2.45) is 0 Å². The number of rotatable bonds is 5. The molecule has 2 amide bonds. The summed E-state index contributed by atoms with van der Waals surface area (Å²) in [5.41, 5.74) is 1.13. The van der Waals surface area contributed by atoms with Gasteiger partial charge in [-0.3, -0.25) is 9.69 Å².